The molecule has 2 aliphatic rings. The Kier molecular flexibility index (Phi) is 5.23. The number of amides is 1. The zero-order valence-corrected chi connectivity index (χ0v) is 11.6. The van der Waals surface area contributed by atoms with Crippen LogP contribution < -0.4 is 5.32 Å². The lowest BCUT2D eigenvalue weighted by Gasteiger charge is -2.21. The first-order valence-corrected chi connectivity index (χ1v) is 7.68. The molecule has 108 valence electrons. The van der Waals surface area contributed by atoms with Gasteiger partial charge in [-0.3, -0.25) is 9.59 Å². The maximum atomic E-state index is 11.9. The number of hydrogen-bond acceptors (Lipinski definition) is 2. The van der Waals surface area contributed by atoms with E-state index in [2.05, 4.69) is 5.32 Å². The third-order valence-electron chi connectivity index (χ3n) is 4.55. The highest BCUT2D eigenvalue weighted by molar-refractivity contribution is 5.81. The number of aliphatic carboxylic acids is 1. The summed E-state index contributed by atoms with van der Waals surface area (Å²) in [6, 6.07) is 0. The monoisotopic (exact) mass is 267 g/mol. The molecule has 0 radical (unpaired) electrons. The minimum atomic E-state index is -0.758. The summed E-state index contributed by atoms with van der Waals surface area (Å²) >= 11 is 0. The van der Waals surface area contributed by atoms with Crippen LogP contribution in [0.1, 0.15) is 57.8 Å². The third kappa shape index (κ3) is 4.51. The van der Waals surface area contributed by atoms with Crippen LogP contribution in [0.25, 0.3) is 0 Å². The first-order valence-electron chi connectivity index (χ1n) is 7.68. The number of rotatable bonds is 7. The molecular formula is C15H25NO3. The van der Waals surface area contributed by atoms with Gasteiger partial charge in [0.25, 0.3) is 0 Å². The van der Waals surface area contributed by atoms with Gasteiger partial charge in [-0.1, -0.05) is 32.1 Å². The molecule has 2 atom stereocenters. The van der Waals surface area contributed by atoms with Gasteiger partial charge in [-0.15, -0.1) is 0 Å². The maximum Gasteiger partial charge on any atom is 0.303 e. The summed E-state index contributed by atoms with van der Waals surface area (Å²) in [6.45, 7) is 0.625. The fourth-order valence-electron chi connectivity index (χ4n) is 3.34. The molecule has 0 spiro atoms. The van der Waals surface area contributed by atoms with Crippen molar-refractivity contribution in [1.29, 1.82) is 0 Å². The second-order valence-corrected chi connectivity index (χ2v) is 6.05. The predicted octanol–water partition coefficient (Wildman–Crippen LogP) is 2.57. The average Bonchev–Trinajstić information content (AvgIpc) is 3.19. The van der Waals surface area contributed by atoms with Gasteiger partial charge in [0.15, 0.2) is 0 Å². The molecule has 2 N–H and O–H groups in total. The summed E-state index contributed by atoms with van der Waals surface area (Å²) < 4.78 is 0. The van der Waals surface area contributed by atoms with E-state index in [-0.39, 0.29) is 18.2 Å². The van der Waals surface area contributed by atoms with Gasteiger partial charge in [0, 0.05) is 18.9 Å². The molecule has 0 saturated heterocycles. The van der Waals surface area contributed by atoms with Crippen LogP contribution in [0, 0.1) is 17.8 Å². The molecule has 2 aliphatic carbocycles. The van der Waals surface area contributed by atoms with Crippen molar-refractivity contribution < 1.29 is 14.7 Å². The summed E-state index contributed by atoms with van der Waals surface area (Å²) in [7, 11) is 0. The molecule has 4 nitrogen and oxygen atoms in total. The van der Waals surface area contributed by atoms with Crippen molar-refractivity contribution in [3.05, 3.63) is 0 Å². The summed E-state index contributed by atoms with van der Waals surface area (Å²) in [5.74, 6) is 1.12. The topological polar surface area (TPSA) is 66.4 Å². The van der Waals surface area contributed by atoms with E-state index in [1.807, 2.05) is 0 Å². The minimum Gasteiger partial charge on any atom is -0.481 e. The van der Waals surface area contributed by atoms with Crippen molar-refractivity contribution in [3.63, 3.8) is 0 Å². The van der Waals surface area contributed by atoms with E-state index in [1.54, 1.807) is 0 Å². The van der Waals surface area contributed by atoms with Gasteiger partial charge in [0.05, 0.1) is 0 Å². The van der Waals surface area contributed by atoms with E-state index in [0.717, 1.165) is 18.8 Å². The molecule has 2 rings (SSSR count). The van der Waals surface area contributed by atoms with Crippen molar-refractivity contribution in [2.45, 2.75) is 57.8 Å². The smallest absolute Gasteiger partial charge is 0.303 e. The number of carboxylic acids is 1. The van der Waals surface area contributed by atoms with Gasteiger partial charge in [0.1, 0.15) is 0 Å². The summed E-state index contributed by atoms with van der Waals surface area (Å²) in [4.78, 5) is 22.3. The highest BCUT2D eigenvalue weighted by Crippen LogP contribution is 2.49. The van der Waals surface area contributed by atoms with Gasteiger partial charge < -0.3 is 10.4 Å². The van der Waals surface area contributed by atoms with Crippen LogP contribution >= 0.6 is 0 Å². The Morgan fingerprint density at radius 2 is 1.84 bits per heavy atom. The summed E-state index contributed by atoms with van der Waals surface area (Å²) in [5.41, 5.74) is 0. The zero-order valence-electron chi connectivity index (χ0n) is 11.6. The van der Waals surface area contributed by atoms with Gasteiger partial charge in [-0.2, -0.15) is 0 Å². The lowest BCUT2D eigenvalue weighted by molar-refractivity contribution is -0.137. The van der Waals surface area contributed by atoms with Gasteiger partial charge >= 0.3 is 5.97 Å². The lowest BCUT2D eigenvalue weighted by Crippen LogP contribution is -2.27. The number of hydrogen-bond donors (Lipinski definition) is 2. The lowest BCUT2D eigenvalue weighted by atomic mass is 9.85. The average molecular weight is 267 g/mol. The SMILES string of the molecule is O=C(O)CCCCNC(=O)C1CC1C1CCCCC1. The van der Waals surface area contributed by atoms with E-state index in [9.17, 15) is 9.59 Å². The van der Waals surface area contributed by atoms with Gasteiger partial charge in [-0.25, -0.2) is 0 Å². The first-order chi connectivity index (χ1) is 9.18. The second-order valence-electron chi connectivity index (χ2n) is 6.05. The number of carboxylic acid groups (broad SMARTS) is 1. The molecule has 1 amide bonds. The molecule has 0 heterocycles. The Hall–Kier alpha value is -1.06. The van der Waals surface area contributed by atoms with Crippen molar-refractivity contribution in [3.8, 4) is 0 Å². The van der Waals surface area contributed by atoms with Crippen LogP contribution in [0.3, 0.4) is 0 Å². The van der Waals surface area contributed by atoms with Crippen molar-refractivity contribution in [2.24, 2.45) is 17.8 Å². The van der Waals surface area contributed by atoms with Crippen LogP contribution in [0.5, 0.6) is 0 Å². The van der Waals surface area contributed by atoms with Crippen LogP contribution in [-0.2, 0) is 9.59 Å². The van der Waals surface area contributed by atoms with Gasteiger partial charge in [-0.05, 0) is 31.1 Å². The standard InChI is InChI=1S/C15H25NO3/c17-14(18)8-4-5-9-16-15(19)13-10-12(13)11-6-2-1-3-7-11/h11-13H,1-10H2,(H,16,19)(H,17,18). The molecule has 2 fully saturated rings. The van der Waals surface area contributed by atoms with Crippen LogP contribution in [-0.4, -0.2) is 23.5 Å². The van der Waals surface area contributed by atoms with Crippen LogP contribution in [0.4, 0.5) is 0 Å². The Labute approximate surface area is 115 Å². The summed E-state index contributed by atoms with van der Waals surface area (Å²) in [6.07, 6.45) is 9.35. The highest BCUT2D eigenvalue weighted by Gasteiger charge is 2.47. The fourth-order valence-corrected chi connectivity index (χ4v) is 3.34. The Morgan fingerprint density at radius 3 is 2.53 bits per heavy atom. The van der Waals surface area contributed by atoms with Crippen molar-refractivity contribution in [1.82, 2.24) is 5.32 Å². The number of carbonyl (C=O) groups is 2. The van der Waals surface area contributed by atoms with Crippen LogP contribution in [0.2, 0.25) is 0 Å². The molecule has 2 saturated carbocycles. The molecule has 4 heteroatoms. The predicted molar refractivity (Wildman–Crippen MR) is 72.7 cm³/mol. The number of carbonyl (C=O) groups excluding carboxylic acids is 1. The molecule has 19 heavy (non-hydrogen) atoms. The molecule has 0 aromatic carbocycles. The number of unbranched alkanes of at least 4 members (excludes halogenated alkanes) is 1. The molecule has 2 unspecified atom stereocenters. The molecule has 0 bridgehead atoms. The van der Waals surface area contributed by atoms with E-state index < -0.39 is 5.97 Å². The Bertz CT molecular complexity index is 323. The Balaban J connectivity index is 1.56. The van der Waals surface area contributed by atoms with Crippen molar-refractivity contribution >= 4 is 11.9 Å². The fraction of sp³-hybridized carbons (Fsp3) is 0.867. The Morgan fingerprint density at radius 1 is 1.11 bits per heavy atom. The minimum absolute atomic E-state index is 0.198. The zero-order chi connectivity index (χ0) is 13.7. The maximum absolute atomic E-state index is 11.9. The quantitative estimate of drug-likeness (QED) is 0.697. The molecule has 0 aromatic rings. The highest BCUT2D eigenvalue weighted by atomic mass is 16.4. The van der Waals surface area contributed by atoms with E-state index in [1.165, 1.54) is 32.1 Å². The van der Waals surface area contributed by atoms with Crippen molar-refractivity contribution in [2.75, 3.05) is 6.54 Å². The normalized spacial score (nSPS) is 26.9. The third-order valence-corrected chi connectivity index (χ3v) is 4.55. The number of nitrogens with one attached hydrogen (secondary N) is 1. The molecule has 0 aromatic heterocycles. The van der Waals surface area contributed by atoms with E-state index >= 15 is 0 Å². The largest absolute Gasteiger partial charge is 0.481 e. The second kappa shape index (κ2) is 6.92. The van der Waals surface area contributed by atoms with Gasteiger partial charge in [0.2, 0.25) is 5.91 Å². The van der Waals surface area contributed by atoms with E-state index in [0.29, 0.717) is 18.9 Å². The molecular weight excluding hydrogens is 242 g/mol. The van der Waals surface area contributed by atoms with E-state index in [4.69, 9.17) is 5.11 Å². The summed E-state index contributed by atoms with van der Waals surface area (Å²) in [5, 5.41) is 11.5. The van der Waals surface area contributed by atoms with Crippen LogP contribution in [0.15, 0.2) is 0 Å². The first kappa shape index (κ1) is 14.4. The molecule has 0 aliphatic heterocycles.